The molecule has 13 heavy (non-hydrogen) atoms. The summed E-state index contributed by atoms with van der Waals surface area (Å²) in [5.74, 6) is 0.359. The Morgan fingerprint density at radius 1 is 1.38 bits per heavy atom. The molecule has 0 heterocycles. The Kier molecular flexibility index (Phi) is 9.74. The van der Waals surface area contributed by atoms with E-state index in [2.05, 4.69) is 13.8 Å². The van der Waals surface area contributed by atoms with E-state index in [-0.39, 0.29) is 18.4 Å². The number of ether oxygens (including phenoxy) is 1. The number of nitrogens with two attached hydrogens (primary N) is 1. The van der Waals surface area contributed by atoms with Crippen molar-refractivity contribution < 1.29 is 9.53 Å². The molecule has 2 N–H and O–H groups in total. The normalized spacial score (nSPS) is 12.1. The summed E-state index contributed by atoms with van der Waals surface area (Å²) in [6, 6.07) is -0.496. The van der Waals surface area contributed by atoms with Gasteiger partial charge in [0.15, 0.2) is 0 Å². The monoisotopic (exact) mass is 209 g/mol. The highest BCUT2D eigenvalue weighted by atomic mass is 35.5. The second kappa shape index (κ2) is 8.32. The smallest absolute Gasteiger partial charge is 0.322 e. The van der Waals surface area contributed by atoms with Gasteiger partial charge in [-0.15, -0.1) is 12.4 Å². The molecule has 0 fully saturated rings. The van der Waals surface area contributed by atoms with Crippen LogP contribution in [-0.4, -0.2) is 18.6 Å². The molecule has 0 aliphatic rings. The van der Waals surface area contributed by atoms with Crippen LogP contribution in [0.3, 0.4) is 0 Å². The van der Waals surface area contributed by atoms with Gasteiger partial charge in [-0.05, 0) is 25.7 Å². The second-order valence-corrected chi connectivity index (χ2v) is 3.49. The molecule has 0 amide bonds. The van der Waals surface area contributed by atoms with Crippen LogP contribution in [-0.2, 0) is 9.53 Å². The van der Waals surface area contributed by atoms with E-state index in [4.69, 9.17) is 10.5 Å². The molecule has 0 radical (unpaired) electrons. The number of carbonyl (C=O) groups excluding carboxylic acids is 1. The molecule has 0 saturated heterocycles. The van der Waals surface area contributed by atoms with Crippen molar-refractivity contribution in [2.24, 2.45) is 11.7 Å². The molecule has 0 rings (SSSR count). The Labute approximate surface area is 86.4 Å². The molecular weight excluding hydrogens is 190 g/mol. The van der Waals surface area contributed by atoms with Crippen molar-refractivity contribution in [1.82, 2.24) is 0 Å². The van der Waals surface area contributed by atoms with Gasteiger partial charge in [0.05, 0.1) is 6.61 Å². The first-order valence-electron chi connectivity index (χ1n) is 4.46. The Bertz CT molecular complexity index is 138. The van der Waals surface area contributed by atoms with E-state index in [1.54, 1.807) is 6.92 Å². The zero-order valence-electron chi connectivity index (χ0n) is 8.58. The summed E-state index contributed by atoms with van der Waals surface area (Å²) < 4.78 is 4.89. The number of hydrogen-bond donors (Lipinski definition) is 1. The van der Waals surface area contributed by atoms with Gasteiger partial charge in [0.25, 0.3) is 0 Å². The summed E-state index contributed by atoms with van der Waals surface area (Å²) in [5.41, 5.74) is 5.30. The maximum absolute atomic E-state index is 10.8. The molecule has 1 atom stereocenters. The van der Waals surface area contributed by atoms with Gasteiger partial charge in [-0.1, -0.05) is 13.8 Å². The van der Waals surface area contributed by atoms with Crippen molar-refractivity contribution in [3.63, 3.8) is 0 Å². The van der Waals surface area contributed by atoms with Gasteiger partial charge in [-0.3, -0.25) is 4.79 Å². The molecule has 3 nitrogen and oxygen atoms in total. The van der Waals surface area contributed by atoms with Gasteiger partial charge < -0.3 is 10.5 Å². The second-order valence-electron chi connectivity index (χ2n) is 3.49. The molecule has 0 aliphatic heterocycles. The molecule has 0 aromatic carbocycles. The minimum absolute atomic E-state index is 0. The maximum Gasteiger partial charge on any atom is 0.322 e. The van der Waals surface area contributed by atoms with E-state index >= 15 is 0 Å². The summed E-state index contributed by atoms with van der Waals surface area (Å²) in [7, 11) is 0. The highest BCUT2D eigenvalue weighted by Gasteiger charge is 2.07. The third kappa shape index (κ3) is 9.64. The van der Waals surface area contributed by atoms with Crippen molar-refractivity contribution >= 4 is 18.4 Å². The minimum atomic E-state index is -0.496. The van der Waals surface area contributed by atoms with Crippen LogP contribution in [0.5, 0.6) is 0 Å². The number of esters is 1. The van der Waals surface area contributed by atoms with Crippen LogP contribution < -0.4 is 5.73 Å². The highest BCUT2D eigenvalue weighted by Crippen LogP contribution is 2.03. The van der Waals surface area contributed by atoms with Crippen LogP contribution in [0.2, 0.25) is 0 Å². The highest BCUT2D eigenvalue weighted by molar-refractivity contribution is 5.85. The van der Waals surface area contributed by atoms with Gasteiger partial charge >= 0.3 is 5.97 Å². The Morgan fingerprint density at radius 3 is 2.31 bits per heavy atom. The number of rotatable bonds is 5. The molecule has 0 saturated carbocycles. The zero-order chi connectivity index (χ0) is 9.56. The number of halogens is 1. The first-order valence-corrected chi connectivity index (χ1v) is 4.46. The zero-order valence-corrected chi connectivity index (χ0v) is 9.39. The van der Waals surface area contributed by atoms with Gasteiger partial charge in [-0.2, -0.15) is 0 Å². The lowest BCUT2D eigenvalue weighted by molar-refractivity contribution is -0.144. The fourth-order valence-electron chi connectivity index (χ4n) is 0.796. The minimum Gasteiger partial charge on any atom is -0.465 e. The Hall–Kier alpha value is -0.280. The first-order chi connectivity index (χ1) is 5.54. The lowest BCUT2D eigenvalue weighted by Gasteiger charge is -2.07. The van der Waals surface area contributed by atoms with E-state index in [1.807, 2.05) is 0 Å². The average Bonchev–Trinajstić information content (AvgIpc) is 1.97. The molecule has 80 valence electrons. The summed E-state index contributed by atoms with van der Waals surface area (Å²) in [5, 5.41) is 0. The predicted molar refractivity (Wildman–Crippen MR) is 55.9 cm³/mol. The quantitative estimate of drug-likeness (QED) is 0.554. The largest absolute Gasteiger partial charge is 0.465 e. The van der Waals surface area contributed by atoms with Gasteiger partial charge in [0.2, 0.25) is 0 Å². The number of carbonyl (C=O) groups is 1. The topological polar surface area (TPSA) is 52.3 Å². The average molecular weight is 210 g/mol. The van der Waals surface area contributed by atoms with Gasteiger partial charge in [0, 0.05) is 0 Å². The lowest BCUT2D eigenvalue weighted by atomic mass is 10.1. The van der Waals surface area contributed by atoms with E-state index in [0.717, 1.165) is 12.8 Å². The first kappa shape index (κ1) is 15.2. The van der Waals surface area contributed by atoms with Crippen molar-refractivity contribution in [3.8, 4) is 0 Å². The van der Waals surface area contributed by atoms with E-state index < -0.39 is 6.04 Å². The third-order valence-electron chi connectivity index (χ3n) is 1.54. The summed E-state index contributed by atoms with van der Waals surface area (Å²) in [6.07, 6.45) is 2.02. The van der Waals surface area contributed by atoms with Crippen LogP contribution in [0.4, 0.5) is 0 Å². The van der Waals surface area contributed by atoms with Crippen LogP contribution in [0.1, 0.15) is 33.6 Å². The van der Waals surface area contributed by atoms with E-state index in [0.29, 0.717) is 12.5 Å². The molecule has 4 heteroatoms. The standard InChI is InChI=1S/C9H19NO2.ClH/c1-7(2)5-4-6-12-9(11)8(3)10;/h7-8H,4-6,10H2,1-3H3;1H/t8-;/m0./s1. The van der Waals surface area contributed by atoms with E-state index in [1.165, 1.54) is 0 Å². The Morgan fingerprint density at radius 2 is 1.92 bits per heavy atom. The van der Waals surface area contributed by atoms with E-state index in [9.17, 15) is 4.79 Å². The van der Waals surface area contributed by atoms with Crippen molar-refractivity contribution in [3.05, 3.63) is 0 Å². The SMILES string of the molecule is CC(C)CCCOC(=O)[C@H](C)N.Cl. The summed E-state index contributed by atoms with van der Waals surface area (Å²) >= 11 is 0. The van der Waals surface area contributed by atoms with Crippen molar-refractivity contribution in [2.75, 3.05) is 6.61 Å². The predicted octanol–water partition coefficient (Wildman–Crippen LogP) is 1.73. The van der Waals surface area contributed by atoms with Crippen LogP contribution in [0.15, 0.2) is 0 Å². The van der Waals surface area contributed by atoms with Crippen LogP contribution in [0.25, 0.3) is 0 Å². The van der Waals surface area contributed by atoms with Gasteiger partial charge in [-0.25, -0.2) is 0 Å². The van der Waals surface area contributed by atoms with Gasteiger partial charge in [0.1, 0.15) is 6.04 Å². The fraction of sp³-hybridized carbons (Fsp3) is 0.889. The maximum atomic E-state index is 10.8. The molecule has 0 aromatic rings. The Balaban J connectivity index is 0. The molecule has 0 spiro atoms. The van der Waals surface area contributed by atoms with Crippen molar-refractivity contribution in [1.29, 1.82) is 0 Å². The number of hydrogen-bond acceptors (Lipinski definition) is 3. The lowest BCUT2D eigenvalue weighted by Crippen LogP contribution is -2.28. The summed E-state index contributed by atoms with van der Waals surface area (Å²) in [4.78, 5) is 10.8. The molecule has 0 aromatic heterocycles. The van der Waals surface area contributed by atoms with Crippen LogP contribution in [0, 0.1) is 5.92 Å². The van der Waals surface area contributed by atoms with Crippen molar-refractivity contribution in [2.45, 2.75) is 39.7 Å². The summed E-state index contributed by atoms with van der Waals surface area (Å²) in [6.45, 7) is 6.42. The van der Waals surface area contributed by atoms with Crippen LogP contribution >= 0.6 is 12.4 Å². The molecule has 0 unspecified atom stereocenters. The fourth-order valence-corrected chi connectivity index (χ4v) is 0.796. The molecule has 0 aliphatic carbocycles. The third-order valence-corrected chi connectivity index (χ3v) is 1.54. The molecule has 0 bridgehead atoms. The molecular formula is C9H20ClNO2.